The molecule has 2 rings (SSSR count). The molecular formula is C13H14Cl2N2O4. The maximum Gasteiger partial charge on any atom is 0.271 e. The quantitative estimate of drug-likeness (QED) is 0.654. The molecule has 0 bridgehead atoms. The zero-order chi connectivity index (χ0) is 15.6. The van der Waals surface area contributed by atoms with Crippen molar-refractivity contribution < 1.29 is 14.8 Å². The number of rotatable bonds is 4. The van der Waals surface area contributed by atoms with E-state index >= 15 is 0 Å². The lowest BCUT2D eigenvalue weighted by Crippen LogP contribution is -2.40. The zero-order valence-electron chi connectivity index (χ0n) is 11.1. The third kappa shape index (κ3) is 3.64. The Morgan fingerprint density at radius 1 is 1.38 bits per heavy atom. The lowest BCUT2D eigenvalue weighted by Gasteiger charge is -2.22. The molecule has 0 heterocycles. The normalized spacial score (nSPS) is 16.7. The second-order valence-corrected chi connectivity index (χ2v) is 5.95. The highest BCUT2D eigenvalue weighted by Gasteiger charge is 2.31. The summed E-state index contributed by atoms with van der Waals surface area (Å²) in [6, 6.07) is 2.16. The summed E-state index contributed by atoms with van der Waals surface area (Å²) in [5, 5.41) is 23.4. The van der Waals surface area contributed by atoms with E-state index in [0.717, 1.165) is 25.0 Å². The number of nitro groups is 1. The van der Waals surface area contributed by atoms with Gasteiger partial charge in [-0.05, 0) is 12.8 Å². The van der Waals surface area contributed by atoms with Crippen LogP contribution >= 0.6 is 23.2 Å². The van der Waals surface area contributed by atoms with E-state index in [9.17, 15) is 20.0 Å². The van der Waals surface area contributed by atoms with Crippen LogP contribution in [0.15, 0.2) is 12.1 Å². The van der Waals surface area contributed by atoms with Crippen molar-refractivity contribution in [3.8, 4) is 0 Å². The first kappa shape index (κ1) is 16.0. The molecule has 21 heavy (non-hydrogen) atoms. The Labute approximate surface area is 131 Å². The molecule has 0 unspecified atom stereocenters. The van der Waals surface area contributed by atoms with Gasteiger partial charge in [-0.15, -0.1) is 0 Å². The van der Waals surface area contributed by atoms with Crippen LogP contribution in [0.25, 0.3) is 0 Å². The minimum Gasteiger partial charge on any atom is -0.388 e. The smallest absolute Gasteiger partial charge is 0.271 e. The van der Waals surface area contributed by atoms with E-state index < -0.39 is 16.4 Å². The third-order valence-electron chi connectivity index (χ3n) is 3.58. The lowest BCUT2D eigenvalue weighted by molar-refractivity contribution is -0.384. The molecule has 2 N–H and O–H groups in total. The fraction of sp³-hybridized carbons (Fsp3) is 0.462. The minimum absolute atomic E-state index is 0.0434. The average molecular weight is 333 g/mol. The first-order valence-corrected chi connectivity index (χ1v) is 7.22. The predicted molar refractivity (Wildman–Crippen MR) is 78.9 cm³/mol. The Balaban J connectivity index is 2.16. The molecule has 1 aromatic carbocycles. The summed E-state index contributed by atoms with van der Waals surface area (Å²) >= 11 is 11.7. The summed E-state index contributed by atoms with van der Waals surface area (Å²) in [5.74, 6) is -0.592. The van der Waals surface area contributed by atoms with Crippen LogP contribution in [0.2, 0.25) is 10.0 Å². The van der Waals surface area contributed by atoms with Crippen molar-refractivity contribution in [1.29, 1.82) is 0 Å². The summed E-state index contributed by atoms with van der Waals surface area (Å²) < 4.78 is 0. The topological polar surface area (TPSA) is 92.5 Å². The zero-order valence-corrected chi connectivity index (χ0v) is 12.6. The van der Waals surface area contributed by atoms with Crippen molar-refractivity contribution in [3.63, 3.8) is 0 Å². The van der Waals surface area contributed by atoms with E-state index in [1.165, 1.54) is 0 Å². The largest absolute Gasteiger partial charge is 0.388 e. The molecule has 0 saturated heterocycles. The molecule has 1 aliphatic carbocycles. The summed E-state index contributed by atoms with van der Waals surface area (Å²) in [5.41, 5.74) is -1.29. The molecule has 0 spiro atoms. The van der Waals surface area contributed by atoms with Gasteiger partial charge in [-0.2, -0.15) is 0 Å². The number of carbonyl (C=O) groups excluding carboxylic acids is 1. The van der Waals surface area contributed by atoms with Crippen LogP contribution in [0.4, 0.5) is 5.69 Å². The van der Waals surface area contributed by atoms with E-state index in [2.05, 4.69) is 5.32 Å². The van der Waals surface area contributed by atoms with E-state index in [0.29, 0.717) is 12.8 Å². The standard InChI is InChI=1S/C13H14Cl2N2O4/c14-10-6-8(17(20)21)5-9(11(10)15)12(18)16-7-13(19)3-1-2-4-13/h5-6,19H,1-4,7H2,(H,16,18). The molecule has 0 aromatic heterocycles. The number of hydrogen-bond acceptors (Lipinski definition) is 4. The van der Waals surface area contributed by atoms with Gasteiger partial charge in [-0.3, -0.25) is 14.9 Å². The maximum absolute atomic E-state index is 12.1. The van der Waals surface area contributed by atoms with Crippen LogP contribution in [0.1, 0.15) is 36.0 Å². The number of nitrogens with zero attached hydrogens (tertiary/aromatic N) is 1. The molecule has 1 saturated carbocycles. The van der Waals surface area contributed by atoms with Gasteiger partial charge in [0.2, 0.25) is 0 Å². The second kappa shape index (κ2) is 6.17. The van der Waals surface area contributed by atoms with Crippen LogP contribution < -0.4 is 5.32 Å². The summed E-state index contributed by atoms with van der Waals surface area (Å²) in [7, 11) is 0. The van der Waals surface area contributed by atoms with E-state index in [4.69, 9.17) is 23.2 Å². The van der Waals surface area contributed by atoms with Gasteiger partial charge in [0.1, 0.15) is 0 Å². The van der Waals surface area contributed by atoms with Crippen LogP contribution in [-0.4, -0.2) is 28.1 Å². The Kier molecular flexibility index (Phi) is 4.70. The van der Waals surface area contributed by atoms with Crippen molar-refractivity contribution in [2.24, 2.45) is 0 Å². The molecule has 1 aromatic rings. The Bertz CT molecular complexity index is 586. The molecule has 6 nitrogen and oxygen atoms in total. The molecule has 1 aliphatic rings. The minimum atomic E-state index is -0.910. The number of halogens is 2. The molecule has 0 atom stereocenters. The fourth-order valence-corrected chi connectivity index (χ4v) is 2.80. The number of benzene rings is 1. The summed E-state index contributed by atoms with van der Waals surface area (Å²) in [4.78, 5) is 22.2. The van der Waals surface area contributed by atoms with Gasteiger partial charge in [0, 0.05) is 18.7 Å². The van der Waals surface area contributed by atoms with Crippen LogP contribution in [0, 0.1) is 10.1 Å². The fourth-order valence-electron chi connectivity index (χ4n) is 2.40. The van der Waals surface area contributed by atoms with Gasteiger partial charge in [-0.1, -0.05) is 36.0 Å². The Hall–Kier alpha value is -1.37. The number of nitrogens with one attached hydrogen (secondary N) is 1. The van der Waals surface area contributed by atoms with Crippen molar-refractivity contribution in [2.75, 3.05) is 6.54 Å². The average Bonchev–Trinajstić information content (AvgIpc) is 2.86. The highest BCUT2D eigenvalue weighted by atomic mass is 35.5. The molecular weight excluding hydrogens is 319 g/mol. The van der Waals surface area contributed by atoms with Crippen molar-refractivity contribution in [1.82, 2.24) is 5.32 Å². The Morgan fingerprint density at radius 2 is 2.00 bits per heavy atom. The van der Waals surface area contributed by atoms with E-state index in [1.807, 2.05) is 0 Å². The van der Waals surface area contributed by atoms with Crippen LogP contribution in [0.3, 0.4) is 0 Å². The summed E-state index contributed by atoms with van der Waals surface area (Å²) in [6.45, 7) is 0.0858. The van der Waals surface area contributed by atoms with Gasteiger partial charge in [0.05, 0.1) is 26.1 Å². The molecule has 8 heteroatoms. The molecule has 0 aliphatic heterocycles. The van der Waals surface area contributed by atoms with Gasteiger partial charge in [0.25, 0.3) is 11.6 Å². The van der Waals surface area contributed by atoms with E-state index in [1.54, 1.807) is 0 Å². The van der Waals surface area contributed by atoms with Crippen molar-refractivity contribution in [2.45, 2.75) is 31.3 Å². The Morgan fingerprint density at radius 3 is 2.57 bits per heavy atom. The first-order valence-electron chi connectivity index (χ1n) is 6.46. The molecule has 114 valence electrons. The van der Waals surface area contributed by atoms with Gasteiger partial charge in [-0.25, -0.2) is 0 Å². The predicted octanol–water partition coefficient (Wildman–Crippen LogP) is 2.94. The number of amides is 1. The summed E-state index contributed by atoms with van der Waals surface area (Å²) in [6.07, 6.45) is 3.07. The van der Waals surface area contributed by atoms with Crippen LogP contribution in [0.5, 0.6) is 0 Å². The number of hydrogen-bond donors (Lipinski definition) is 2. The number of carbonyl (C=O) groups is 1. The highest BCUT2D eigenvalue weighted by molar-refractivity contribution is 6.44. The number of nitro benzene ring substituents is 1. The molecule has 1 fully saturated rings. The monoisotopic (exact) mass is 332 g/mol. The molecule has 1 amide bonds. The molecule has 0 radical (unpaired) electrons. The van der Waals surface area contributed by atoms with Crippen molar-refractivity contribution in [3.05, 3.63) is 37.9 Å². The first-order chi connectivity index (χ1) is 9.82. The lowest BCUT2D eigenvalue weighted by atomic mass is 10.0. The SMILES string of the molecule is O=C(NCC1(O)CCCC1)c1cc([N+](=O)[O-])cc(Cl)c1Cl. The maximum atomic E-state index is 12.1. The highest BCUT2D eigenvalue weighted by Crippen LogP contribution is 2.32. The van der Waals surface area contributed by atoms with Gasteiger partial charge >= 0.3 is 0 Å². The van der Waals surface area contributed by atoms with Gasteiger partial charge in [0.15, 0.2) is 0 Å². The van der Waals surface area contributed by atoms with Gasteiger partial charge < -0.3 is 10.4 Å². The van der Waals surface area contributed by atoms with Crippen LogP contribution in [-0.2, 0) is 0 Å². The third-order valence-corrected chi connectivity index (χ3v) is 4.38. The van der Waals surface area contributed by atoms with Crippen molar-refractivity contribution >= 4 is 34.8 Å². The number of non-ortho nitro benzene ring substituents is 1. The van der Waals surface area contributed by atoms with E-state index in [-0.39, 0.29) is 27.8 Å². The second-order valence-electron chi connectivity index (χ2n) is 5.16. The number of aliphatic hydroxyl groups is 1.